The number of esters is 2. The molecule has 1 unspecified atom stereocenters. The molecule has 4 nitrogen and oxygen atoms in total. The van der Waals surface area contributed by atoms with E-state index in [-0.39, 0.29) is 18.0 Å². The molecule has 0 aromatic heterocycles. The van der Waals surface area contributed by atoms with E-state index in [0.29, 0.717) is 24.0 Å². The van der Waals surface area contributed by atoms with Crippen molar-refractivity contribution in [1.82, 2.24) is 0 Å². The zero-order chi connectivity index (χ0) is 15.8. The summed E-state index contributed by atoms with van der Waals surface area (Å²) in [6, 6.07) is 0. The second kappa shape index (κ2) is 8.85. The van der Waals surface area contributed by atoms with Crippen molar-refractivity contribution in [3.05, 3.63) is 12.2 Å². The molecule has 4 heteroatoms. The van der Waals surface area contributed by atoms with Crippen LogP contribution < -0.4 is 0 Å². The summed E-state index contributed by atoms with van der Waals surface area (Å²) in [6.45, 7) is 9.39. The van der Waals surface area contributed by atoms with Gasteiger partial charge in [0.25, 0.3) is 0 Å². The third-order valence-electron chi connectivity index (χ3n) is 4.12. The van der Waals surface area contributed by atoms with Crippen molar-refractivity contribution in [1.29, 1.82) is 0 Å². The topological polar surface area (TPSA) is 52.6 Å². The highest BCUT2D eigenvalue weighted by molar-refractivity contribution is 5.87. The van der Waals surface area contributed by atoms with Gasteiger partial charge in [-0.05, 0) is 50.9 Å². The highest BCUT2D eigenvalue weighted by Crippen LogP contribution is 2.34. The molecule has 0 aromatic carbocycles. The van der Waals surface area contributed by atoms with E-state index in [9.17, 15) is 9.59 Å². The van der Waals surface area contributed by atoms with Crippen LogP contribution in [0.15, 0.2) is 12.2 Å². The van der Waals surface area contributed by atoms with E-state index in [1.54, 1.807) is 6.92 Å². The Labute approximate surface area is 127 Å². The van der Waals surface area contributed by atoms with Gasteiger partial charge in [0.2, 0.25) is 0 Å². The first kappa shape index (κ1) is 17.7. The molecular formula is C17H28O4. The van der Waals surface area contributed by atoms with Gasteiger partial charge in [-0.3, -0.25) is 4.79 Å². The quantitative estimate of drug-likeness (QED) is 0.531. The van der Waals surface area contributed by atoms with Crippen LogP contribution in [0.1, 0.15) is 59.3 Å². The Morgan fingerprint density at radius 2 is 1.81 bits per heavy atom. The Hall–Kier alpha value is -1.32. The number of hydrogen-bond donors (Lipinski definition) is 0. The smallest absolute Gasteiger partial charge is 0.333 e. The van der Waals surface area contributed by atoms with Crippen molar-refractivity contribution >= 4 is 11.9 Å². The SMILES string of the molecule is C=C(C)C(=O)OC(CCC)C1CCC(COC(C)=O)CC1. The molecule has 0 aliphatic heterocycles. The summed E-state index contributed by atoms with van der Waals surface area (Å²) >= 11 is 0. The maximum absolute atomic E-state index is 11.7. The molecule has 1 fully saturated rings. The Balaban J connectivity index is 2.45. The van der Waals surface area contributed by atoms with Crippen LogP contribution in [0.2, 0.25) is 0 Å². The molecule has 120 valence electrons. The largest absolute Gasteiger partial charge is 0.466 e. The lowest BCUT2D eigenvalue weighted by Crippen LogP contribution is -2.31. The third-order valence-corrected chi connectivity index (χ3v) is 4.12. The monoisotopic (exact) mass is 296 g/mol. The summed E-state index contributed by atoms with van der Waals surface area (Å²) in [7, 11) is 0. The summed E-state index contributed by atoms with van der Waals surface area (Å²) < 4.78 is 10.7. The van der Waals surface area contributed by atoms with Crippen LogP contribution in [-0.2, 0) is 19.1 Å². The van der Waals surface area contributed by atoms with Crippen LogP contribution in [-0.4, -0.2) is 24.6 Å². The van der Waals surface area contributed by atoms with E-state index in [4.69, 9.17) is 9.47 Å². The number of rotatable bonds is 7. The van der Waals surface area contributed by atoms with Crippen LogP contribution in [0.3, 0.4) is 0 Å². The minimum atomic E-state index is -0.282. The number of carbonyl (C=O) groups excluding carboxylic acids is 2. The van der Waals surface area contributed by atoms with Gasteiger partial charge in [-0.2, -0.15) is 0 Å². The molecular weight excluding hydrogens is 268 g/mol. The fourth-order valence-electron chi connectivity index (χ4n) is 2.88. The maximum atomic E-state index is 11.7. The lowest BCUT2D eigenvalue weighted by Gasteiger charge is -2.33. The van der Waals surface area contributed by atoms with E-state index in [0.717, 1.165) is 38.5 Å². The molecule has 1 saturated carbocycles. The Kier molecular flexibility index (Phi) is 7.48. The molecule has 0 N–H and O–H groups in total. The second-order valence-corrected chi connectivity index (χ2v) is 6.10. The van der Waals surface area contributed by atoms with Crippen molar-refractivity contribution in [3.8, 4) is 0 Å². The summed E-state index contributed by atoms with van der Waals surface area (Å²) in [4.78, 5) is 22.6. The number of ether oxygens (including phenoxy) is 2. The minimum absolute atomic E-state index is 0.00567. The first-order chi connectivity index (χ1) is 9.93. The normalized spacial score (nSPS) is 23.2. The third kappa shape index (κ3) is 6.32. The van der Waals surface area contributed by atoms with E-state index in [2.05, 4.69) is 13.5 Å². The van der Waals surface area contributed by atoms with Crippen LogP contribution in [0.5, 0.6) is 0 Å². The van der Waals surface area contributed by atoms with Crippen molar-refractivity contribution in [2.24, 2.45) is 11.8 Å². The van der Waals surface area contributed by atoms with Crippen LogP contribution >= 0.6 is 0 Å². The molecule has 21 heavy (non-hydrogen) atoms. The zero-order valence-electron chi connectivity index (χ0n) is 13.5. The van der Waals surface area contributed by atoms with Gasteiger partial charge < -0.3 is 9.47 Å². The maximum Gasteiger partial charge on any atom is 0.333 e. The molecule has 0 saturated heterocycles. The highest BCUT2D eigenvalue weighted by atomic mass is 16.5. The second-order valence-electron chi connectivity index (χ2n) is 6.10. The van der Waals surface area contributed by atoms with Crippen LogP contribution in [0, 0.1) is 11.8 Å². The molecule has 1 atom stereocenters. The van der Waals surface area contributed by atoms with Crippen molar-refractivity contribution in [2.75, 3.05) is 6.61 Å². The van der Waals surface area contributed by atoms with Gasteiger partial charge >= 0.3 is 11.9 Å². The molecule has 1 aliphatic rings. The summed E-state index contributed by atoms with van der Waals surface area (Å²) in [5.41, 5.74) is 0.458. The molecule has 0 aromatic rings. The van der Waals surface area contributed by atoms with E-state index < -0.39 is 0 Å². The number of carbonyl (C=O) groups is 2. The number of hydrogen-bond acceptors (Lipinski definition) is 4. The molecule has 0 amide bonds. The zero-order valence-corrected chi connectivity index (χ0v) is 13.5. The van der Waals surface area contributed by atoms with Gasteiger partial charge in [0, 0.05) is 12.5 Å². The molecule has 1 aliphatic carbocycles. The molecule has 0 spiro atoms. The first-order valence-electron chi connectivity index (χ1n) is 7.93. The predicted molar refractivity (Wildman–Crippen MR) is 81.7 cm³/mol. The Bertz CT molecular complexity index is 367. The lowest BCUT2D eigenvalue weighted by molar-refractivity contribution is -0.149. The standard InChI is InChI=1S/C17H28O4/c1-5-6-16(21-17(19)12(2)3)15-9-7-14(8-10-15)11-20-13(4)18/h14-16H,2,5-11H2,1,3-4H3. The van der Waals surface area contributed by atoms with Crippen molar-refractivity contribution in [2.45, 2.75) is 65.4 Å². The molecule has 0 radical (unpaired) electrons. The molecule has 0 heterocycles. The molecule has 0 bridgehead atoms. The van der Waals surface area contributed by atoms with Crippen LogP contribution in [0.4, 0.5) is 0 Å². The van der Waals surface area contributed by atoms with Gasteiger partial charge in [0.15, 0.2) is 0 Å². The van der Waals surface area contributed by atoms with Gasteiger partial charge in [0.1, 0.15) is 6.10 Å². The highest BCUT2D eigenvalue weighted by Gasteiger charge is 2.30. The fraction of sp³-hybridized carbons (Fsp3) is 0.765. The predicted octanol–water partition coefficient (Wildman–Crippen LogP) is 3.64. The van der Waals surface area contributed by atoms with Gasteiger partial charge in [-0.25, -0.2) is 4.79 Å². The van der Waals surface area contributed by atoms with Gasteiger partial charge in [-0.15, -0.1) is 0 Å². The molecule has 1 rings (SSSR count). The average molecular weight is 296 g/mol. The summed E-state index contributed by atoms with van der Waals surface area (Å²) in [5.74, 6) is 0.373. The van der Waals surface area contributed by atoms with Crippen LogP contribution in [0.25, 0.3) is 0 Å². The lowest BCUT2D eigenvalue weighted by atomic mass is 9.78. The van der Waals surface area contributed by atoms with Crippen molar-refractivity contribution in [3.63, 3.8) is 0 Å². The minimum Gasteiger partial charge on any atom is -0.466 e. The summed E-state index contributed by atoms with van der Waals surface area (Å²) in [6.07, 6.45) is 6.01. The Morgan fingerprint density at radius 3 is 2.29 bits per heavy atom. The Morgan fingerprint density at radius 1 is 1.19 bits per heavy atom. The summed E-state index contributed by atoms with van der Waals surface area (Å²) in [5, 5.41) is 0. The first-order valence-corrected chi connectivity index (χ1v) is 7.93. The average Bonchev–Trinajstić information content (AvgIpc) is 2.45. The van der Waals surface area contributed by atoms with E-state index >= 15 is 0 Å². The van der Waals surface area contributed by atoms with Gasteiger partial charge in [0.05, 0.1) is 6.61 Å². The van der Waals surface area contributed by atoms with Gasteiger partial charge in [-0.1, -0.05) is 19.9 Å². The van der Waals surface area contributed by atoms with Crippen molar-refractivity contribution < 1.29 is 19.1 Å². The fourth-order valence-corrected chi connectivity index (χ4v) is 2.88. The van der Waals surface area contributed by atoms with E-state index in [1.807, 2.05) is 0 Å². The van der Waals surface area contributed by atoms with E-state index in [1.165, 1.54) is 6.92 Å².